The number of hydrogen-bond acceptors (Lipinski definition) is 8. The molecule has 2 aliphatic heterocycles. The maximum absolute atomic E-state index is 15.2. The summed E-state index contributed by atoms with van der Waals surface area (Å²) in [6, 6.07) is 41.7. The van der Waals surface area contributed by atoms with Crippen LogP contribution in [0.4, 0.5) is 10.3 Å². The molecular formula is C66H38N6O4S2. The summed E-state index contributed by atoms with van der Waals surface area (Å²) in [5, 5.41) is 22.2. The zero-order chi connectivity index (χ0) is 51.8. The van der Waals surface area contributed by atoms with Gasteiger partial charge in [0.05, 0.1) is 53.6 Å². The van der Waals surface area contributed by atoms with Crippen molar-refractivity contribution in [3.8, 4) is 0 Å². The van der Waals surface area contributed by atoms with Gasteiger partial charge in [-0.3, -0.25) is 19.2 Å². The van der Waals surface area contributed by atoms with Gasteiger partial charge in [0.2, 0.25) is 10.3 Å². The molecule has 0 fully saturated rings. The number of benzene rings is 13. The van der Waals surface area contributed by atoms with Crippen LogP contribution < -0.4 is 9.80 Å². The average Bonchev–Trinajstić information content (AvgIpc) is 2.08. The number of aromatic nitrogens is 4. The van der Waals surface area contributed by atoms with Crippen molar-refractivity contribution in [2.45, 2.75) is 40.8 Å². The van der Waals surface area contributed by atoms with Crippen molar-refractivity contribution in [3.05, 3.63) is 144 Å². The minimum atomic E-state index is -0.359. The van der Waals surface area contributed by atoms with Gasteiger partial charge in [-0.15, -0.1) is 0 Å². The molecule has 6 heterocycles. The standard InChI is InChI=1S/C66H38N6O4S2/c1-27(2)25-69-43-21-37-38-22-44-58-54-32(34-18-20-36-52-40(24-46(60(58)56(34)52)70(44)26-28(3)4)64(76)72(62(36)74)66-68-42-10-6-8-12-48(42)78-66)16-14-30(50(38)54)29-13-15-31-33-17-19-35-51-39(23-45(69)59(55(33)51)57(43)53(31)49(29)37)63(75)71(61(35)73)65-67-41-9-5-7-11-47(41)77-65/h5-24,27-28H,25-26H2,1-4H3. The van der Waals surface area contributed by atoms with E-state index in [0.29, 0.717) is 56.4 Å². The molecule has 0 radical (unpaired) electrons. The van der Waals surface area contributed by atoms with Gasteiger partial charge in [-0.1, -0.05) is 111 Å². The molecule has 0 saturated carbocycles. The fourth-order valence-corrected chi connectivity index (χ4v) is 16.8. The molecule has 4 aromatic heterocycles. The van der Waals surface area contributed by atoms with Gasteiger partial charge < -0.3 is 9.13 Å². The van der Waals surface area contributed by atoms with Gasteiger partial charge in [-0.05, 0) is 126 Å². The highest BCUT2D eigenvalue weighted by Gasteiger charge is 2.41. The first kappa shape index (κ1) is 42.1. The lowest BCUT2D eigenvalue weighted by Gasteiger charge is -2.27. The zero-order valence-corrected chi connectivity index (χ0v) is 43.9. The topological polar surface area (TPSA) is 110 Å². The third kappa shape index (κ3) is 4.69. The predicted octanol–water partition coefficient (Wildman–Crippen LogP) is 16.4. The van der Waals surface area contributed by atoms with Crippen LogP contribution >= 0.6 is 22.7 Å². The molecule has 13 aromatic carbocycles. The summed E-state index contributed by atoms with van der Waals surface area (Å²) in [5.41, 5.74) is 7.70. The number of rotatable bonds is 6. The lowest BCUT2D eigenvalue weighted by molar-refractivity contribution is 0.0878. The zero-order valence-electron chi connectivity index (χ0n) is 42.2. The Kier molecular flexibility index (Phi) is 7.39. The lowest BCUT2D eigenvalue weighted by atomic mass is 9.80. The van der Waals surface area contributed by atoms with Crippen LogP contribution in [-0.4, -0.2) is 42.7 Å². The van der Waals surface area contributed by atoms with E-state index < -0.39 is 0 Å². The molecule has 12 heteroatoms. The SMILES string of the molecule is CC(C)Cn1c2cc3c4c(ccc5c6ccc7c8ccc9c%10ccc%11c%12c(cc%13c(c%12%10)c%10c9c8c(cc%10n%13CC(C)C)c8cc1c(c6c78)c2c45)C(=O)N(c1nc2ccccc2s1)C%11=O)C(=O)N(c1nc2ccccc2s1)C3=O. The minimum absolute atomic E-state index is 0.265. The maximum atomic E-state index is 15.2. The molecule has 78 heavy (non-hydrogen) atoms. The molecule has 0 spiro atoms. The van der Waals surface area contributed by atoms with Gasteiger partial charge in [0.15, 0.2) is 0 Å². The molecule has 368 valence electrons. The van der Waals surface area contributed by atoms with Gasteiger partial charge in [-0.25, -0.2) is 19.8 Å². The van der Waals surface area contributed by atoms with Crippen LogP contribution in [0.25, 0.3) is 150 Å². The summed E-state index contributed by atoms with van der Waals surface area (Å²) in [4.78, 5) is 72.2. The summed E-state index contributed by atoms with van der Waals surface area (Å²) in [6.45, 7) is 10.4. The largest absolute Gasteiger partial charge is 0.340 e. The van der Waals surface area contributed by atoms with E-state index in [-0.39, 0.29) is 35.5 Å². The number of fused-ring (bicyclic) bond motifs is 6. The molecule has 0 N–H and O–H groups in total. The molecular weight excluding hydrogens is 1000 g/mol. The monoisotopic (exact) mass is 1040 g/mol. The van der Waals surface area contributed by atoms with Gasteiger partial charge in [0, 0.05) is 78.1 Å². The Hall–Kier alpha value is -9.10. The van der Waals surface area contributed by atoms with Gasteiger partial charge in [0.25, 0.3) is 23.6 Å². The first-order chi connectivity index (χ1) is 38.0. The van der Waals surface area contributed by atoms with E-state index in [9.17, 15) is 9.59 Å². The van der Waals surface area contributed by atoms with Gasteiger partial charge in [0.1, 0.15) is 0 Å². The van der Waals surface area contributed by atoms with Crippen molar-refractivity contribution < 1.29 is 19.2 Å². The van der Waals surface area contributed by atoms with Crippen LogP contribution in [-0.2, 0) is 13.1 Å². The second-order valence-electron chi connectivity index (χ2n) is 22.7. The highest BCUT2D eigenvalue weighted by Crippen LogP contribution is 2.57. The first-order valence-electron chi connectivity index (χ1n) is 26.6. The molecule has 4 amide bonds. The Morgan fingerprint density at radius 2 is 0.692 bits per heavy atom. The van der Waals surface area contributed by atoms with Crippen molar-refractivity contribution in [2.75, 3.05) is 9.80 Å². The molecule has 0 aliphatic carbocycles. The van der Waals surface area contributed by atoms with Crippen LogP contribution in [0.15, 0.2) is 121 Å². The fourth-order valence-electron chi connectivity index (χ4n) is 14.8. The third-order valence-corrected chi connectivity index (χ3v) is 19.7. The van der Waals surface area contributed by atoms with Crippen LogP contribution in [0.1, 0.15) is 69.1 Å². The number of nitrogens with zero attached hydrogens (tertiary/aromatic N) is 6. The summed E-state index contributed by atoms with van der Waals surface area (Å²) in [5.74, 6) is -0.902. The second-order valence-corrected chi connectivity index (χ2v) is 24.8. The number of amides is 4. The summed E-state index contributed by atoms with van der Waals surface area (Å²) < 4.78 is 6.70. The molecule has 0 saturated heterocycles. The lowest BCUT2D eigenvalue weighted by Crippen LogP contribution is -2.40. The highest BCUT2D eigenvalue weighted by molar-refractivity contribution is 7.23. The number of imide groups is 2. The Balaban J connectivity index is 0.942. The summed E-state index contributed by atoms with van der Waals surface area (Å²) >= 11 is 2.71. The molecule has 0 unspecified atom stereocenters. The highest BCUT2D eigenvalue weighted by atomic mass is 32.1. The summed E-state index contributed by atoms with van der Waals surface area (Å²) in [6.07, 6.45) is 0. The molecule has 10 nitrogen and oxygen atoms in total. The third-order valence-electron chi connectivity index (χ3n) is 17.6. The Morgan fingerprint density at radius 3 is 1.08 bits per heavy atom. The van der Waals surface area contributed by atoms with Crippen molar-refractivity contribution in [1.82, 2.24) is 19.1 Å². The van der Waals surface area contributed by atoms with E-state index in [0.717, 1.165) is 107 Å². The average molecular weight is 1040 g/mol. The van der Waals surface area contributed by atoms with Crippen molar-refractivity contribution >= 4 is 207 Å². The Morgan fingerprint density at radius 1 is 0.359 bits per heavy atom. The number of para-hydroxylation sites is 2. The molecule has 0 bridgehead atoms. The predicted molar refractivity (Wildman–Crippen MR) is 320 cm³/mol. The number of carbonyl (C=O) groups is 4. The second kappa shape index (κ2) is 13.7. The number of carbonyl (C=O) groups excluding carboxylic acids is 4. The molecule has 17 aromatic rings. The maximum Gasteiger partial charge on any atom is 0.267 e. The Labute approximate surface area is 448 Å². The van der Waals surface area contributed by atoms with Crippen molar-refractivity contribution in [2.24, 2.45) is 11.8 Å². The Bertz CT molecular complexity index is 5280. The van der Waals surface area contributed by atoms with Gasteiger partial charge in [-0.2, -0.15) is 0 Å². The fraction of sp³-hybridized carbons (Fsp3) is 0.121. The summed E-state index contributed by atoms with van der Waals surface area (Å²) in [7, 11) is 0. The van der Waals surface area contributed by atoms with E-state index >= 15 is 9.59 Å². The molecule has 0 atom stereocenters. The van der Waals surface area contributed by atoms with Crippen LogP contribution in [0, 0.1) is 11.8 Å². The quantitative estimate of drug-likeness (QED) is 0.0932. The number of hydrogen-bond donors (Lipinski definition) is 0. The molecule has 19 rings (SSSR count). The van der Waals surface area contributed by atoms with E-state index in [1.807, 2.05) is 60.7 Å². The van der Waals surface area contributed by atoms with E-state index in [1.165, 1.54) is 64.8 Å². The van der Waals surface area contributed by atoms with Crippen LogP contribution in [0.2, 0.25) is 0 Å². The van der Waals surface area contributed by atoms with Gasteiger partial charge >= 0.3 is 0 Å². The van der Waals surface area contributed by atoms with E-state index in [4.69, 9.17) is 9.97 Å². The normalized spacial score (nSPS) is 14.8. The first-order valence-corrected chi connectivity index (χ1v) is 28.3. The smallest absolute Gasteiger partial charge is 0.267 e. The minimum Gasteiger partial charge on any atom is -0.340 e. The number of thiazole rings is 2. The van der Waals surface area contributed by atoms with E-state index in [1.54, 1.807) is 0 Å². The van der Waals surface area contributed by atoms with Crippen molar-refractivity contribution in [1.29, 1.82) is 0 Å². The van der Waals surface area contributed by atoms with Crippen LogP contribution in [0.5, 0.6) is 0 Å². The number of anilines is 2. The molecule has 2 aliphatic rings. The van der Waals surface area contributed by atoms with E-state index in [2.05, 4.69) is 97.5 Å². The van der Waals surface area contributed by atoms with Crippen molar-refractivity contribution in [3.63, 3.8) is 0 Å². The van der Waals surface area contributed by atoms with Crippen LogP contribution in [0.3, 0.4) is 0 Å².